The lowest BCUT2D eigenvalue weighted by atomic mass is 10.1. The van der Waals surface area contributed by atoms with Gasteiger partial charge in [0.1, 0.15) is 13.2 Å². The van der Waals surface area contributed by atoms with E-state index in [2.05, 4.69) is 4.72 Å². The lowest BCUT2D eigenvalue weighted by Gasteiger charge is -2.21. The van der Waals surface area contributed by atoms with Gasteiger partial charge in [-0.3, -0.25) is 0 Å². The third-order valence-electron chi connectivity index (χ3n) is 3.78. The van der Waals surface area contributed by atoms with E-state index in [1.165, 1.54) is 6.07 Å². The van der Waals surface area contributed by atoms with E-state index in [1.807, 2.05) is 6.07 Å². The van der Waals surface area contributed by atoms with Crippen molar-refractivity contribution in [2.24, 2.45) is 0 Å². The molecule has 0 unspecified atom stereocenters. The van der Waals surface area contributed by atoms with Crippen LogP contribution in [0.1, 0.15) is 24.1 Å². The molecule has 2 aromatic carbocycles. The average Bonchev–Trinajstić information content (AvgIpc) is 2.56. The Bertz CT molecular complexity index is 886. The maximum Gasteiger partial charge on any atom is 0.216 e. The van der Waals surface area contributed by atoms with Crippen LogP contribution in [0.15, 0.2) is 36.4 Å². The van der Waals surface area contributed by atoms with Crippen LogP contribution in [0.4, 0.5) is 0 Å². The Morgan fingerprint density at radius 1 is 1.08 bits per heavy atom. The van der Waals surface area contributed by atoms with Crippen molar-refractivity contribution in [2.45, 2.75) is 18.7 Å². The first kappa shape index (κ1) is 18.3. The Morgan fingerprint density at radius 3 is 2.52 bits per heavy atom. The summed E-state index contributed by atoms with van der Waals surface area (Å²) < 4.78 is 38.6. The monoisotopic (exact) mass is 401 g/mol. The molecular formula is C17H17Cl2NO4S. The molecule has 0 saturated heterocycles. The molecule has 0 saturated carbocycles. The van der Waals surface area contributed by atoms with Gasteiger partial charge in [0, 0.05) is 16.1 Å². The SMILES string of the molecule is C[C@@H](NS(=O)(=O)Cc1ccc(Cl)cc1Cl)c1ccc2c(c1)OCCO2. The van der Waals surface area contributed by atoms with Gasteiger partial charge in [-0.15, -0.1) is 0 Å². The molecular weight excluding hydrogens is 385 g/mol. The van der Waals surface area contributed by atoms with Crippen molar-refractivity contribution >= 4 is 33.2 Å². The normalized spacial score (nSPS) is 15.0. The number of ether oxygens (including phenoxy) is 2. The van der Waals surface area contributed by atoms with Crippen LogP contribution < -0.4 is 14.2 Å². The second kappa shape index (κ2) is 7.41. The number of hydrogen-bond acceptors (Lipinski definition) is 4. The Hall–Kier alpha value is -1.47. The van der Waals surface area contributed by atoms with Crippen LogP contribution in [0.2, 0.25) is 10.0 Å². The molecule has 5 nitrogen and oxygen atoms in total. The zero-order valence-electron chi connectivity index (χ0n) is 13.5. The highest BCUT2D eigenvalue weighted by molar-refractivity contribution is 7.88. The molecule has 2 aromatic rings. The van der Waals surface area contributed by atoms with Gasteiger partial charge < -0.3 is 9.47 Å². The number of sulfonamides is 1. The summed E-state index contributed by atoms with van der Waals surface area (Å²) in [5, 5.41) is 0.786. The number of rotatable bonds is 5. The zero-order chi connectivity index (χ0) is 18.0. The van der Waals surface area contributed by atoms with Crippen molar-refractivity contribution < 1.29 is 17.9 Å². The third-order valence-corrected chi connectivity index (χ3v) is 5.77. The fraction of sp³-hybridized carbons (Fsp3) is 0.294. The Labute approximate surface area is 156 Å². The van der Waals surface area contributed by atoms with Gasteiger partial charge in [-0.05, 0) is 42.3 Å². The number of fused-ring (bicyclic) bond motifs is 1. The molecule has 0 spiro atoms. The highest BCUT2D eigenvalue weighted by atomic mass is 35.5. The van der Waals surface area contributed by atoms with Gasteiger partial charge in [0.25, 0.3) is 0 Å². The summed E-state index contributed by atoms with van der Waals surface area (Å²) >= 11 is 11.9. The van der Waals surface area contributed by atoms with E-state index in [1.54, 1.807) is 31.2 Å². The molecule has 1 aliphatic heterocycles. The summed E-state index contributed by atoms with van der Waals surface area (Å²) in [5.74, 6) is 1.06. The van der Waals surface area contributed by atoms with Crippen LogP contribution in [0.5, 0.6) is 11.5 Å². The van der Waals surface area contributed by atoms with E-state index < -0.39 is 16.1 Å². The third kappa shape index (κ3) is 4.58. The topological polar surface area (TPSA) is 64.6 Å². The molecule has 0 amide bonds. The first-order chi connectivity index (χ1) is 11.8. The van der Waals surface area contributed by atoms with E-state index in [4.69, 9.17) is 32.7 Å². The number of hydrogen-bond donors (Lipinski definition) is 1. The maximum atomic E-state index is 12.5. The van der Waals surface area contributed by atoms with Crippen LogP contribution in [-0.4, -0.2) is 21.6 Å². The summed E-state index contributed by atoms with van der Waals surface area (Å²) in [4.78, 5) is 0. The highest BCUT2D eigenvalue weighted by Crippen LogP contribution is 2.33. The van der Waals surface area contributed by atoms with Gasteiger partial charge in [0.2, 0.25) is 10.0 Å². The first-order valence-electron chi connectivity index (χ1n) is 7.67. The Kier molecular flexibility index (Phi) is 5.43. The summed E-state index contributed by atoms with van der Waals surface area (Å²) in [6.07, 6.45) is 0. The van der Waals surface area contributed by atoms with E-state index >= 15 is 0 Å². The van der Waals surface area contributed by atoms with Crippen molar-refractivity contribution in [1.82, 2.24) is 4.72 Å². The van der Waals surface area contributed by atoms with Gasteiger partial charge in [-0.1, -0.05) is 35.3 Å². The van der Waals surface area contributed by atoms with E-state index in [-0.39, 0.29) is 5.75 Å². The summed E-state index contributed by atoms with van der Waals surface area (Å²) in [5.41, 5.74) is 1.28. The summed E-state index contributed by atoms with van der Waals surface area (Å²) in [7, 11) is -3.59. The lowest BCUT2D eigenvalue weighted by Crippen LogP contribution is -2.28. The van der Waals surface area contributed by atoms with Gasteiger partial charge in [-0.25, -0.2) is 13.1 Å². The molecule has 0 radical (unpaired) electrons. The minimum atomic E-state index is -3.59. The molecule has 1 N–H and O–H groups in total. The van der Waals surface area contributed by atoms with Crippen LogP contribution in [0, 0.1) is 0 Å². The van der Waals surface area contributed by atoms with Gasteiger partial charge in [0.15, 0.2) is 11.5 Å². The number of halogens is 2. The van der Waals surface area contributed by atoms with Gasteiger partial charge >= 0.3 is 0 Å². The zero-order valence-corrected chi connectivity index (χ0v) is 15.8. The summed E-state index contributed by atoms with van der Waals surface area (Å²) in [6, 6.07) is 9.71. The van der Waals surface area contributed by atoms with Crippen LogP contribution in [0.3, 0.4) is 0 Å². The average molecular weight is 402 g/mol. The molecule has 1 heterocycles. The minimum absolute atomic E-state index is 0.224. The largest absolute Gasteiger partial charge is 0.486 e. The van der Waals surface area contributed by atoms with Crippen LogP contribution in [0.25, 0.3) is 0 Å². The number of benzene rings is 2. The Balaban J connectivity index is 1.73. The van der Waals surface area contributed by atoms with Crippen molar-refractivity contribution in [3.05, 3.63) is 57.6 Å². The highest BCUT2D eigenvalue weighted by Gasteiger charge is 2.20. The van der Waals surface area contributed by atoms with Crippen molar-refractivity contribution in [1.29, 1.82) is 0 Å². The van der Waals surface area contributed by atoms with Crippen molar-refractivity contribution in [2.75, 3.05) is 13.2 Å². The van der Waals surface area contributed by atoms with E-state index in [0.717, 1.165) is 5.56 Å². The summed E-state index contributed by atoms with van der Waals surface area (Å²) in [6.45, 7) is 2.76. The van der Waals surface area contributed by atoms with Crippen LogP contribution >= 0.6 is 23.2 Å². The first-order valence-corrected chi connectivity index (χ1v) is 10.1. The molecule has 1 aliphatic rings. The quantitative estimate of drug-likeness (QED) is 0.823. The second-order valence-corrected chi connectivity index (χ2v) is 8.33. The van der Waals surface area contributed by atoms with E-state index in [0.29, 0.717) is 40.3 Å². The molecule has 134 valence electrons. The van der Waals surface area contributed by atoms with Crippen LogP contribution in [-0.2, 0) is 15.8 Å². The Morgan fingerprint density at radius 2 is 1.80 bits per heavy atom. The van der Waals surface area contributed by atoms with Gasteiger partial charge in [-0.2, -0.15) is 0 Å². The maximum absolute atomic E-state index is 12.5. The molecule has 0 fully saturated rings. The smallest absolute Gasteiger partial charge is 0.216 e. The molecule has 0 aliphatic carbocycles. The minimum Gasteiger partial charge on any atom is -0.486 e. The molecule has 0 bridgehead atoms. The van der Waals surface area contributed by atoms with E-state index in [9.17, 15) is 8.42 Å². The standard InChI is InChI=1S/C17H17Cl2NO4S/c1-11(12-3-5-16-17(8-12)24-7-6-23-16)20-25(21,22)10-13-2-4-14(18)9-15(13)19/h2-5,8-9,11,20H,6-7,10H2,1H3/t11-/m1/s1. The fourth-order valence-electron chi connectivity index (χ4n) is 2.55. The lowest BCUT2D eigenvalue weighted by molar-refractivity contribution is 0.171. The number of nitrogens with one attached hydrogen (secondary N) is 1. The van der Waals surface area contributed by atoms with Crippen molar-refractivity contribution in [3.8, 4) is 11.5 Å². The molecule has 8 heteroatoms. The molecule has 25 heavy (non-hydrogen) atoms. The van der Waals surface area contributed by atoms with Gasteiger partial charge in [0.05, 0.1) is 5.75 Å². The predicted octanol–water partition coefficient (Wildman–Crippen LogP) is 3.95. The second-order valence-electron chi connectivity index (χ2n) is 5.74. The van der Waals surface area contributed by atoms with Crippen molar-refractivity contribution in [3.63, 3.8) is 0 Å². The molecule has 3 rings (SSSR count). The fourth-order valence-corrected chi connectivity index (χ4v) is 4.53. The molecule has 0 aromatic heterocycles. The molecule has 1 atom stereocenters. The predicted molar refractivity (Wildman–Crippen MR) is 98.1 cm³/mol.